The van der Waals surface area contributed by atoms with Crippen LogP contribution in [0.2, 0.25) is 0 Å². The van der Waals surface area contributed by atoms with E-state index in [9.17, 15) is 23.9 Å². The Morgan fingerprint density at radius 3 is 2.52 bits per heavy atom. The lowest BCUT2D eigenvalue weighted by atomic mass is 9.99. The molecule has 1 aromatic heterocycles. The molecule has 0 bridgehead atoms. The van der Waals surface area contributed by atoms with E-state index in [4.69, 9.17) is 9.26 Å². The SMILES string of the molecule is Cc1noc(C)c1NC(=O)N(C)C[C@H]1Oc2c(NC(=O)Nc3ccc(F)cc3)cccc2C(=O)N([C@H](C)CO)C[C@H]1C. The van der Waals surface area contributed by atoms with Crippen molar-refractivity contribution in [1.82, 2.24) is 15.0 Å². The summed E-state index contributed by atoms with van der Waals surface area (Å²) in [4.78, 5) is 42.6. The minimum Gasteiger partial charge on any atom is -0.485 e. The van der Waals surface area contributed by atoms with Gasteiger partial charge in [-0.25, -0.2) is 14.0 Å². The number of anilines is 3. The van der Waals surface area contributed by atoms with Crippen LogP contribution < -0.4 is 20.7 Å². The first-order valence-corrected chi connectivity index (χ1v) is 13.5. The van der Waals surface area contributed by atoms with Crippen LogP contribution in [0.25, 0.3) is 0 Å². The van der Waals surface area contributed by atoms with E-state index < -0.39 is 30.0 Å². The number of rotatable bonds is 7. The van der Waals surface area contributed by atoms with Crippen LogP contribution in [0.5, 0.6) is 5.75 Å². The average molecular weight is 583 g/mol. The van der Waals surface area contributed by atoms with Crippen LogP contribution in [0.4, 0.5) is 31.0 Å². The van der Waals surface area contributed by atoms with E-state index in [0.29, 0.717) is 22.8 Å². The van der Waals surface area contributed by atoms with Gasteiger partial charge in [0.15, 0.2) is 11.5 Å². The fourth-order valence-electron chi connectivity index (χ4n) is 4.59. The van der Waals surface area contributed by atoms with E-state index in [1.807, 2.05) is 6.92 Å². The number of likely N-dealkylation sites (N-methyl/N-ethyl adjacent to an activating group) is 1. The quantitative estimate of drug-likeness (QED) is 0.321. The maximum Gasteiger partial charge on any atom is 0.323 e. The van der Waals surface area contributed by atoms with Gasteiger partial charge in [0.25, 0.3) is 5.91 Å². The summed E-state index contributed by atoms with van der Waals surface area (Å²) in [5.74, 6) is -0.497. The summed E-state index contributed by atoms with van der Waals surface area (Å²) in [5.41, 5.74) is 1.80. The van der Waals surface area contributed by atoms with Crippen molar-refractivity contribution in [3.63, 3.8) is 0 Å². The summed E-state index contributed by atoms with van der Waals surface area (Å²) >= 11 is 0. The summed E-state index contributed by atoms with van der Waals surface area (Å²) in [6, 6.07) is 8.52. The van der Waals surface area contributed by atoms with Crippen LogP contribution in [0, 0.1) is 25.6 Å². The van der Waals surface area contributed by atoms with Crippen LogP contribution >= 0.6 is 0 Å². The lowest BCUT2D eigenvalue weighted by molar-refractivity contribution is 0.0373. The Bertz CT molecular complexity index is 1430. The van der Waals surface area contributed by atoms with Crippen molar-refractivity contribution in [3.8, 4) is 5.75 Å². The number of hydrogen-bond acceptors (Lipinski definition) is 7. The second-order valence-corrected chi connectivity index (χ2v) is 10.4. The number of fused-ring (bicyclic) bond motifs is 1. The van der Waals surface area contributed by atoms with Crippen LogP contribution in [-0.2, 0) is 0 Å². The topological polar surface area (TPSA) is 149 Å². The number of ether oxygens (including phenoxy) is 1. The van der Waals surface area contributed by atoms with Gasteiger partial charge in [-0.2, -0.15) is 0 Å². The normalized spacial score (nSPS) is 17.3. The number of carbonyl (C=O) groups is 3. The molecular formula is C29H35FN6O6. The third kappa shape index (κ3) is 6.79. The van der Waals surface area contributed by atoms with Gasteiger partial charge in [0, 0.05) is 25.2 Å². The molecule has 0 saturated carbocycles. The first kappa shape index (κ1) is 30.3. The van der Waals surface area contributed by atoms with Crippen molar-refractivity contribution in [1.29, 1.82) is 0 Å². The number of carbonyl (C=O) groups excluding carboxylic acids is 3. The van der Waals surface area contributed by atoms with E-state index in [-0.39, 0.29) is 48.5 Å². The van der Waals surface area contributed by atoms with Crippen LogP contribution in [0.15, 0.2) is 47.0 Å². The summed E-state index contributed by atoms with van der Waals surface area (Å²) < 4.78 is 24.8. The molecule has 3 aromatic rings. The third-order valence-electron chi connectivity index (χ3n) is 7.11. The number of urea groups is 2. The standard InChI is InChI=1S/C29H35FN6O6/c1-16-13-36(17(2)15-37)27(38)22-7-6-8-23(32-28(39)31-21-11-9-20(30)10-12-21)26(22)41-24(16)14-35(5)29(40)33-25-18(3)34-42-19(25)4/h6-12,16-17,24,37H,13-15H2,1-5H3,(H,33,40)(H2,31,32,39)/t16-,17-,24-/m1/s1. The smallest absolute Gasteiger partial charge is 0.323 e. The van der Waals surface area contributed by atoms with Gasteiger partial charge in [0.2, 0.25) is 0 Å². The maximum absolute atomic E-state index is 13.7. The molecule has 13 heteroatoms. The van der Waals surface area contributed by atoms with Crippen LogP contribution in [-0.4, -0.2) is 76.9 Å². The molecule has 0 aliphatic carbocycles. The Kier molecular flexibility index (Phi) is 9.31. The number of aryl methyl sites for hydroxylation is 2. The Balaban J connectivity index is 1.62. The Hall–Kier alpha value is -4.65. The van der Waals surface area contributed by atoms with Crippen molar-refractivity contribution in [2.45, 2.75) is 39.8 Å². The largest absolute Gasteiger partial charge is 0.485 e. The van der Waals surface area contributed by atoms with E-state index in [0.717, 1.165) is 0 Å². The molecule has 224 valence electrons. The number of aliphatic hydroxyl groups excluding tert-OH is 1. The molecule has 1 aliphatic rings. The van der Waals surface area contributed by atoms with E-state index in [1.54, 1.807) is 50.9 Å². The highest BCUT2D eigenvalue weighted by Crippen LogP contribution is 2.35. The molecule has 5 amide bonds. The zero-order valence-corrected chi connectivity index (χ0v) is 24.1. The van der Waals surface area contributed by atoms with Crippen molar-refractivity contribution < 1.29 is 33.1 Å². The molecule has 42 heavy (non-hydrogen) atoms. The Morgan fingerprint density at radius 2 is 1.88 bits per heavy atom. The monoisotopic (exact) mass is 582 g/mol. The van der Waals surface area contributed by atoms with Crippen LogP contribution in [0.1, 0.15) is 35.7 Å². The predicted molar refractivity (Wildman–Crippen MR) is 154 cm³/mol. The first-order valence-electron chi connectivity index (χ1n) is 13.5. The van der Waals surface area contributed by atoms with Gasteiger partial charge in [-0.15, -0.1) is 0 Å². The number of nitrogens with zero attached hydrogens (tertiary/aromatic N) is 3. The first-order chi connectivity index (χ1) is 20.0. The lowest BCUT2D eigenvalue weighted by Crippen LogP contribution is -2.50. The number of aliphatic hydroxyl groups is 1. The van der Waals surface area contributed by atoms with Crippen molar-refractivity contribution >= 4 is 35.0 Å². The van der Waals surface area contributed by atoms with E-state index in [2.05, 4.69) is 21.1 Å². The molecule has 0 unspecified atom stereocenters. The number of aromatic nitrogens is 1. The Morgan fingerprint density at radius 1 is 1.17 bits per heavy atom. The third-order valence-corrected chi connectivity index (χ3v) is 7.11. The summed E-state index contributed by atoms with van der Waals surface area (Å²) in [5, 5.41) is 21.9. The highest BCUT2D eigenvalue weighted by Gasteiger charge is 2.35. The highest BCUT2D eigenvalue weighted by atomic mass is 19.1. The molecule has 2 aromatic carbocycles. The molecule has 0 fully saturated rings. The minimum atomic E-state index is -0.630. The highest BCUT2D eigenvalue weighted by molar-refractivity contribution is 6.04. The molecule has 4 N–H and O–H groups in total. The molecule has 4 rings (SSSR count). The van der Waals surface area contributed by atoms with Gasteiger partial charge in [-0.3, -0.25) is 4.79 Å². The average Bonchev–Trinajstić information content (AvgIpc) is 3.28. The zero-order chi connectivity index (χ0) is 30.6. The van der Waals surface area contributed by atoms with Crippen molar-refractivity contribution in [3.05, 3.63) is 65.3 Å². The zero-order valence-electron chi connectivity index (χ0n) is 24.1. The lowest BCUT2D eigenvalue weighted by Gasteiger charge is -2.38. The van der Waals surface area contributed by atoms with Crippen LogP contribution in [0.3, 0.4) is 0 Å². The number of benzene rings is 2. The number of nitrogens with one attached hydrogen (secondary N) is 3. The molecule has 0 radical (unpaired) electrons. The van der Waals surface area contributed by atoms with E-state index >= 15 is 0 Å². The molecule has 2 heterocycles. The molecule has 0 spiro atoms. The Labute approximate surface area is 242 Å². The minimum absolute atomic E-state index is 0.126. The molecular weight excluding hydrogens is 547 g/mol. The van der Waals surface area contributed by atoms with E-state index in [1.165, 1.54) is 29.2 Å². The second kappa shape index (κ2) is 12.9. The van der Waals surface area contributed by atoms with Crippen molar-refractivity contribution in [2.24, 2.45) is 5.92 Å². The fraction of sp³-hybridized carbons (Fsp3) is 0.379. The summed E-state index contributed by atoms with van der Waals surface area (Å²) in [6.07, 6.45) is -0.617. The number of para-hydroxylation sites is 1. The summed E-state index contributed by atoms with van der Waals surface area (Å²) in [6.45, 7) is 7.17. The van der Waals surface area contributed by atoms with Gasteiger partial charge in [0.1, 0.15) is 23.3 Å². The maximum atomic E-state index is 13.7. The fourth-order valence-corrected chi connectivity index (χ4v) is 4.59. The van der Waals surface area contributed by atoms with Gasteiger partial charge in [0.05, 0.1) is 30.4 Å². The predicted octanol–water partition coefficient (Wildman–Crippen LogP) is 4.46. The van der Waals surface area contributed by atoms with Gasteiger partial charge >= 0.3 is 12.1 Å². The van der Waals surface area contributed by atoms with Gasteiger partial charge in [-0.1, -0.05) is 18.1 Å². The number of hydrogen-bond donors (Lipinski definition) is 4. The summed E-state index contributed by atoms with van der Waals surface area (Å²) in [7, 11) is 1.61. The number of halogens is 1. The van der Waals surface area contributed by atoms with Crippen molar-refractivity contribution in [2.75, 3.05) is 42.7 Å². The van der Waals surface area contributed by atoms with Gasteiger partial charge < -0.3 is 40.1 Å². The number of amides is 5. The molecule has 12 nitrogen and oxygen atoms in total. The molecule has 3 atom stereocenters. The molecule has 0 saturated heterocycles. The van der Waals surface area contributed by atoms with Gasteiger partial charge in [-0.05, 0) is 57.2 Å². The second-order valence-electron chi connectivity index (χ2n) is 10.4. The molecule has 1 aliphatic heterocycles.